The Kier molecular flexibility index (Phi) is 5.67. The number of para-hydroxylation sites is 1. The van der Waals surface area contributed by atoms with Gasteiger partial charge in [-0.15, -0.1) is 0 Å². The molecule has 0 spiro atoms. The van der Waals surface area contributed by atoms with Crippen molar-refractivity contribution >= 4 is 32.5 Å². The average Bonchev–Trinajstić information content (AvgIpc) is 3.18. The monoisotopic (exact) mass is 446 g/mol. The van der Waals surface area contributed by atoms with Gasteiger partial charge in [0.15, 0.2) is 0 Å². The Morgan fingerprint density at radius 3 is 2.60 bits per heavy atom. The summed E-state index contributed by atoms with van der Waals surface area (Å²) in [5.41, 5.74) is 0.586. The smallest absolute Gasteiger partial charge is 0.261 e. The van der Waals surface area contributed by atoms with Gasteiger partial charge in [-0.2, -0.15) is 0 Å². The van der Waals surface area contributed by atoms with Crippen LogP contribution in [-0.4, -0.2) is 42.0 Å². The van der Waals surface area contributed by atoms with Gasteiger partial charge < -0.3 is 0 Å². The lowest BCUT2D eigenvalue weighted by molar-refractivity contribution is 0.243. The van der Waals surface area contributed by atoms with E-state index in [4.69, 9.17) is 16.6 Å². The Morgan fingerprint density at radius 1 is 1.17 bits per heavy atom. The molecule has 2 heterocycles. The molecule has 1 fully saturated rings. The van der Waals surface area contributed by atoms with Crippen molar-refractivity contribution in [1.82, 2.24) is 19.2 Å². The fraction of sp³-hybridized carbons (Fsp3) is 0.333. The van der Waals surface area contributed by atoms with E-state index in [1.807, 2.05) is 25.1 Å². The van der Waals surface area contributed by atoms with E-state index in [9.17, 15) is 13.2 Å². The summed E-state index contributed by atoms with van der Waals surface area (Å²) in [4.78, 5) is 19.7. The van der Waals surface area contributed by atoms with Crippen molar-refractivity contribution in [2.24, 2.45) is 7.05 Å². The second-order valence-corrected chi connectivity index (χ2v) is 9.73. The third-order valence-corrected chi connectivity index (χ3v) is 7.39. The topological polar surface area (TPSA) is 84.3 Å². The van der Waals surface area contributed by atoms with Gasteiger partial charge in [0.05, 0.1) is 21.8 Å². The lowest BCUT2D eigenvalue weighted by Crippen LogP contribution is -2.38. The highest BCUT2D eigenvalue weighted by Gasteiger charge is 2.31. The van der Waals surface area contributed by atoms with Crippen LogP contribution in [0.4, 0.5) is 0 Å². The minimum Gasteiger partial charge on any atom is -0.298 e. The summed E-state index contributed by atoms with van der Waals surface area (Å²) < 4.78 is 29.7. The highest BCUT2D eigenvalue weighted by Crippen LogP contribution is 2.25. The number of fused-ring (bicyclic) bond motifs is 1. The summed E-state index contributed by atoms with van der Waals surface area (Å²) in [6, 6.07) is 13.1. The summed E-state index contributed by atoms with van der Waals surface area (Å²) in [6.07, 6.45) is 0.679. The van der Waals surface area contributed by atoms with Crippen LogP contribution in [0.3, 0.4) is 0 Å². The zero-order valence-corrected chi connectivity index (χ0v) is 18.3. The van der Waals surface area contributed by atoms with Gasteiger partial charge in [-0.1, -0.05) is 23.7 Å². The number of nitrogens with one attached hydrogen (secondary N) is 1. The van der Waals surface area contributed by atoms with Crippen molar-refractivity contribution in [3.63, 3.8) is 0 Å². The SMILES string of the molecule is CC(c1nc2ccccc2c(=O)n1C)N1CCC(NS(=O)(=O)c2ccc(Cl)cc2)C1. The molecule has 1 saturated heterocycles. The molecular weight excluding hydrogens is 424 g/mol. The van der Waals surface area contributed by atoms with E-state index >= 15 is 0 Å². The number of hydrogen-bond donors (Lipinski definition) is 1. The molecule has 0 bridgehead atoms. The summed E-state index contributed by atoms with van der Waals surface area (Å²) in [5, 5.41) is 1.08. The first-order valence-electron chi connectivity index (χ1n) is 9.74. The Hall–Kier alpha value is -2.26. The molecule has 30 heavy (non-hydrogen) atoms. The number of rotatable bonds is 5. The predicted molar refractivity (Wildman–Crippen MR) is 117 cm³/mol. The zero-order valence-electron chi connectivity index (χ0n) is 16.7. The Morgan fingerprint density at radius 2 is 1.87 bits per heavy atom. The van der Waals surface area contributed by atoms with Crippen LogP contribution in [0.15, 0.2) is 58.2 Å². The van der Waals surface area contributed by atoms with Crippen LogP contribution in [0.25, 0.3) is 10.9 Å². The molecule has 2 aromatic carbocycles. The van der Waals surface area contributed by atoms with Crippen LogP contribution >= 0.6 is 11.6 Å². The van der Waals surface area contributed by atoms with Gasteiger partial charge in [0.25, 0.3) is 5.56 Å². The lowest BCUT2D eigenvalue weighted by Gasteiger charge is -2.25. The number of aromatic nitrogens is 2. The van der Waals surface area contributed by atoms with E-state index in [0.29, 0.717) is 41.3 Å². The first kappa shape index (κ1) is 21.0. The highest BCUT2D eigenvalue weighted by atomic mass is 35.5. The van der Waals surface area contributed by atoms with Crippen LogP contribution in [0.2, 0.25) is 5.02 Å². The fourth-order valence-corrected chi connectivity index (χ4v) is 5.30. The maximum Gasteiger partial charge on any atom is 0.261 e. The van der Waals surface area contributed by atoms with Gasteiger partial charge in [0.1, 0.15) is 5.82 Å². The van der Waals surface area contributed by atoms with Gasteiger partial charge in [-0.05, 0) is 49.7 Å². The van der Waals surface area contributed by atoms with Crippen molar-refractivity contribution in [2.75, 3.05) is 13.1 Å². The predicted octanol–water partition coefficient (Wildman–Crippen LogP) is 2.70. The molecule has 2 unspecified atom stereocenters. The van der Waals surface area contributed by atoms with Crippen molar-refractivity contribution in [3.05, 3.63) is 69.7 Å². The Bertz CT molecular complexity index is 1240. The number of likely N-dealkylation sites (tertiary alicyclic amines) is 1. The molecule has 9 heteroatoms. The molecule has 2 atom stereocenters. The van der Waals surface area contributed by atoms with Gasteiger partial charge in [0, 0.05) is 31.2 Å². The minimum atomic E-state index is -3.62. The first-order chi connectivity index (χ1) is 14.3. The summed E-state index contributed by atoms with van der Waals surface area (Å²) in [6.45, 7) is 3.24. The minimum absolute atomic E-state index is 0.0818. The van der Waals surface area contributed by atoms with Crippen LogP contribution in [-0.2, 0) is 17.1 Å². The van der Waals surface area contributed by atoms with E-state index in [-0.39, 0.29) is 22.5 Å². The molecule has 0 amide bonds. The van der Waals surface area contributed by atoms with Crippen LogP contribution in [0, 0.1) is 0 Å². The fourth-order valence-electron chi connectivity index (χ4n) is 3.91. The van der Waals surface area contributed by atoms with E-state index < -0.39 is 10.0 Å². The molecule has 1 aliphatic heterocycles. The molecule has 158 valence electrons. The van der Waals surface area contributed by atoms with E-state index in [1.54, 1.807) is 29.8 Å². The summed E-state index contributed by atoms with van der Waals surface area (Å²) in [7, 11) is -1.90. The largest absolute Gasteiger partial charge is 0.298 e. The molecular formula is C21H23ClN4O3S. The lowest BCUT2D eigenvalue weighted by atomic mass is 10.2. The maximum atomic E-state index is 12.7. The maximum absolute atomic E-state index is 12.7. The molecule has 7 nitrogen and oxygen atoms in total. The molecule has 1 aliphatic rings. The summed E-state index contributed by atoms with van der Waals surface area (Å²) in [5.74, 6) is 0.667. The molecule has 4 rings (SSSR count). The van der Waals surface area contributed by atoms with Crippen molar-refractivity contribution in [3.8, 4) is 0 Å². The normalized spacial score (nSPS) is 18.7. The molecule has 0 saturated carbocycles. The number of hydrogen-bond acceptors (Lipinski definition) is 5. The average molecular weight is 447 g/mol. The van der Waals surface area contributed by atoms with Gasteiger partial charge in [-0.25, -0.2) is 18.1 Å². The van der Waals surface area contributed by atoms with Gasteiger partial charge in [-0.3, -0.25) is 14.3 Å². The number of benzene rings is 2. The van der Waals surface area contributed by atoms with Crippen molar-refractivity contribution in [1.29, 1.82) is 0 Å². The van der Waals surface area contributed by atoms with Gasteiger partial charge >= 0.3 is 0 Å². The quantitative estimate of drug-likeness (QED) is 0.651. The zero-order chi connectivity index (χ0) is 21.5. The number of sulfonamides is 1. The molecule has 0 radical (unpaired) electrons. The third kappa shape index (κ3) is 4.00. The van der Waals surface area contributed by atoms with Crippen molar-refractivity contribution < 1.29 is 8.42 Å². The highest BCUT2D eigenvalue weighted by molar-refractivity contribution is 7.89. The van der Waals surface area contributed by atoms with Crippen LogP contribution in [0.5, 0.6) is 0 Å². The van der Waals surface area contributed by atoms with E-state index in [0.717, 1.165) is 0 Å². The van der Waals surface area contributed by atoms with Crippen LogP contribution in [0.1, 0.15) is 25.2 Å². The second-order valence-electron chi connectivity index (χ2n) is 7.58. The second kappa shape index (κ2) is 8.11. The molecule has 1 aromatic heterocycles. The van der Waals surface area contributed by atoms with Gasteiger partial charge in [0.2, 0.25) is 10.0 Å². The Balaban J connectivity index is 1.52. The standard InChI is InChI=1S/C21H23ClN4O3S/c1-14(20-23-19-6-4-3-5-18(19)21(27)25(20)2)26-12-11-16(13-26)24-30(28,29)17-9-7-15(22)8-10-17/h3-10,14,16,24H,11-13H2,1-2H3. The Labute approximate surface area is 180 Å². The first-order valence-corrected chi connectivity index (χ1v) is 11.6. The number of halogens is 1. The summed E-state index contributed by atoms with van der Waals surface area (Å²) >= 11 is 5.85. The van der Waals surface area contributed by atoms with Crippen molar-refractivity contribution in [2.45, 2.75) is 30.3 Å². The molecule has 1 N–H and O–H groups in total. The molecule has 3 aromatic rings. The van der Waals surface area contributed by atoms with E-state index in [1.165, 1.54) is 12.1 Å². The molecule has 0 aliphatic carbocycles. The van der Waals surface area contributed by atoms with Crippen LogP contribution < -0.4 is 10.3 Å². The third-order valence-electron chi connectivity index (χ3n) is 5.60. The number of nitrogens with zero attached hydrogens (tertiary/aromatic N) is 3. The van der Waals surface area contributed by atoms with E-state index in [2.05, 4.69) is 9.62 Å².